The smallest absolute Gasteiger partial charge is 0.339 e. The largest absolute Gasteiger partial charge is 0.465 e. The van der Waals surface area contributed by atoms with Crippen LogP contribution in [0.4, 0.5) is 5.69 Å². The van der Waals surface area contributed by atoms with Crippen LogP contribution in [0.2, 0.25) is 0 Å². The van der Waals surface area contributed by atoms with Gasteiger partial charge in [0.15, 0.2) is 16.6 Å². The van der Waals surface area contributed by atoms with Gasteiger partial charge in [0, 0.05) is 29.3 Å². The number of methoxy groups -OCH3 is 1. The first-order chi connectivity index (χ1) is 18.5. The number of hydrogen-bond acceptors (Lipinski definition) is 6. The number of carbonyl (C=O) groups excluding carboxylic acids is 1. The van der Waals surface area contributed by atoms with E-state index in [9.17, 15) is 4.79 Å². The number of hydrogen-bond donors (Lipinski definition) is 1. The normalized spacial score (nSPS) is 18.0. The lowest BCUT2D eigenvalue weighted by molar-refractivity contribution is 0.0600. The number of para-hydroxylation sites is 1. The Bertz CT molecular complexity index is 1550. The molecule has 8 nitrogen and oxygen atoms in total. The minimum absolute atomic E-state index is 0.197. The molecule has 0 aliphatic carbocycles. The number of thiocarbonyl (C=S) groups is 1. The zero-order valence-electron chi connectivity index (χ0n) is 21.2. The van der Waals surface area contributed by atoms with Gasteiger partial charge in [-0.25, -0.2) is 4.79 Å². The molecular formula is C29H26N4O4S. The second kappa shape index (κ2) is 9.50. The first kappa shape index (κ1) is 24.0. The number of anilines is 1. The Morgan fingerprint density at radius 2 is 1.84 bits per heavy atom. The molecule has 0 spiro atoms. The average Bonchev–Trinajstić information content (AvgIpc) is 3.63. The molecule has 2 aliphatic rings. The summed E-state index contributed by atoms with van der Waals surface area (Å²) < 4.78 is 18.4. The number of aryl methyl sites for hydroxylation is 1. The van der Waals surface area contributed by atoms with Gasteiger partial charge in [-0.1, -0.05) is 18.2 Å². The van der Waals surface area contributed by atoms with Crippen LogP contribution >= 0.6 is 12.2 Å². The van der Waals surface area contributed by atoms with Gasteiger partial charge in [0.25, 0.3) is 0 Å². The molecule has 0 amide bonds. The molecule has 4 aromatic rings. The number of esters is 1. The number of ether oxygens (including phenoxy) is 3. The maximum atomic E-state index is 12.6. The maximum absolute atomic E-state index is 12.6. The van der Waals surface area contributed by atoms with Gasteiger partial charge in [-0.3, -0.25) is 4.98 Å². The van der Waals surface area contributed by atoms with E-state index < -0.39 is 0 Å². The molecule has 4 heterocycles. The monoisotopic (exact) mass is 526 g/mol. The van der Waals surface area contributed by atoms with E-state index in [1.165, 1.54) is 7.11 Å². The molecule has 1 saturated heterocycles. The van der Waals surface area contributed by atoms with E-state index in [0.717, 1.165) is 34.0 Å². The lowest BCUT2D eigenvalue weighted by Crippen LogP contribution is -2.29. The molecule has 38 heavy (non-hydrogen) atoms. The van der Waals surface area contributed by atoms with Crippen molar-refractivity contribution < 1.29 is 19.0 Å². The van der Waals surface area contributed by atoms with Gasteiger partial charge in [-0.15, -0.1) is 0 Å². The van der Waals surface area contributed by atoms with Gasteiger partial charge in [-0.05, 0) is 74.1 Å². The Labute approximate surface area is 225 Å². The second-order valence-electron chi connectivity index (χ2n) is 9.20. The van der Waals surface area contributed by atoms with E-state index in [2.05, 4.69) is 32.8 Å². The molecule has 6 rings (SSSR count). The fourth-order valence-electron chi connectivity index (χ4n) is 5.39. The van der Waals surface area contributed by atoms with Crippen LogP contribution in [-0.4, -0.2) is 34.5 Å². The van der Waals surface area contributed by atoms with Crippen LogP contribution < -0.4 is 19.7 Å². The minimum Gasteiger partial charge on any atom is -0.465 e. The van der Waals surface area contributed by atoms with Crippen molar-refractivity contribution >= 4 is 29.0 Å². The Hall–Kier alpha value is -4.37. The van der Waals surface area contributed by atoms with E-state index in [1.807, 2.05) is 61.5 Å². The number of rotatable bonds is 5. The highest BCUT2D eigenvalue weighted by atomic mass is 32.1. The fraction of sp³-hybridized carbons (Fsp3) is 0.207. The minimum atomic E-state index is -0.383. The quantitative estimate of drug-likeness (QED) is 0.282. The van der Waals surface area contributed by atoms with Crippen LogP contribution in [0.25, 0.3) is 5.69 Å². The fourth-order valence-corrected chi connectivity index (χ4v) is 5.74. The van der Waals surface area contributed by atoms with Crippen molar-refractivity contribution in [2.75, 3.05) is 18.8 Å². The van der Waals surface area contributed by atoms with E-state index in [0.29, 0.717) is 22.2 Å². The summed E-state index contributed by atoms with van der Waals surface area (Å²) in [5.41, 5.74) is 6.05. The summed E-state index contributed by atoms with van der Waals surface area (Å²) in [5, 5.41) is 4.10. The molecular weight excluding hydrogens is 500 g/mol. The Kier molecular flexibility index (Phi) is 6.00. The van der Waals surface area contributed by atoms with E-state index in [-0.39, 0.29) is 24.8 Å². The van der Waals surface area contributed by atoms with Gasteiger partial charge in [0.2, 0.25) is 6.79 Å². The van der Waals surface area contributed by atoms with Crippen molar-refractivity contribution in [3.8, 4) is 17.2 Å². The molecule has 2 aliphatic heterocycles. The standard InChI is InChI=1S/C29H26N4O4S/c1-17-14-21(18(2)32(17)23-10-5-4-8-20(23)28(34)35-3)27-26(22-9-6-7-13-30-22)31-29(38)33(27)19-11-12-24-25(15-19)37-16-36-24/h4-15,26-27H,16H2,1-3H3,(H,31,38)/t26-,27+/m1/s1. The molecule has 0 saturated carbocycles. The predicted molar refractivity (Wildman–Crippen MR) is 147 cm³/mol. The van der Waals surface area contributed by atoms with Gasteiger partial charge in [-0.2, -0.15) is 0 Å². The van der Waals surface area contributed by atoms with E-state index in [1.54, 1.807) is 12.3 Å². The number of aromatic nitrogens is 2. The van der Waals surface area contributed by atoms with Crippen LogP contribution in [0.15, 0.2) is 72.9 Å². The molecule has 192 valence electrons. The topological polar surface area (TPSA) is 77.9 Å². The molecule has 1 fully saturated rings. The van der Waals surface area contributed by atoms with Gasteiger partial charge in [0.05, 0.1) is 36.1 Å². The first-order valence-corrected chi connectivity index (χ1v) is 12.7. The summed E-state index contributed by atoms with van der Waals surface area (Å²) in [6.07, 6.45) is 1.79. The van der Waals surface area contributed by atoms with Crippen molar-refractivity contribution in [2.24, 2.45) is 0 Å². The zero-order chi connectivity index (χ0) is 26.4. The van der Waals surface area contributed by atoms with Crippen LogP contribution in [0, 0.1) is 13.8 Å². The Morgan fingerprint density at radius 1 is 1.05 bits per heavy atom. The molecule has 0 unspecified atom stereocenters. The first-order valence-electron chi connectivity index (χ1n) is 12.2. The number of fused-ring (bicyclic) bond motifs is 1. The van der Waals surface area contributed by atoms with Crippen LogP contribution in [0.5, 0.6) is 11.5 Å². The summed E-state index contributed by atoms with van der Waals surface area (Å²) >= 11 is 5.90. The van der Waals surface area contributed by atoms with Crippen molar-refractivity contribution in [3.05, 3.63) is 101 Å². The average molecular weight is 527 g/mol. The van der Waals surface area contributed by atoms with E-state index in [4.69, 9.17) is 26.4 Å². The Morgan fingerprint density at radius 3 is 2.63 bits per heavy atom. The van der Waals surface area contributed by atoms with Crippen molar-refractivity contribution in [1.82, 2.24) is 14.9 Å². The lowest BCUT2D eigenvalue weighted by atomic mass is 9.96. The summed E-state index contributed by atoms with van der Waals surface area (Å²) in [6, 6.07) is 20.9. The molecule has 2 aromatic carbocycles. The maximum Gasteiger partial charge on any atom is 0.339 e. The van der Waals surface area contributed by atoms with E-state index >= 15 is 0 Å². The van der Waals surface area contributed by atoms with Gasteiger partial charge in [0.1, 0.15) is 0 Å². The van der Waals surface area contributed by atoms with Crippen molar-refractivity contribution in [2.45, 2.75) is 25.9 Å². The molecule has 0 radical (unpaired) electrons. The number of nitrogens with one attached hydrogen (secondary N) is 1. The SMILES string of the molecule is COC(=O)c1ccccc1-n1c(C)cc([C@H]2[C@@H](c3ccccn3)NC(=S)N2c2ccc3c(c2)OCO3)c1C. The molecule has 2 aromatic heterocycles. The van der Waals surface area contributed by atoms with Gasteiger partial charge < -0.3 is 29.0 Å². The van der Waals surface area contributed by atoms with Crippen LogP contribution in [0.3, 0.4) is 0 Å². The molecule has 9 heteroatoms. The van der Waals surface area contributed by atoms with Crippen molar-refractivity contribution in [1.29, 1.82) is 0 Å². The summed E-state index contributed by atoms with van der Waals surface area (Å²) in [4.78, 5) is 19.4. The Balaban J connectivity index is 1.52. The molecule has 0 bridgehead atoms. The summed E-state index contributed by atoms with van der Waals surface area (Å²) in [6.45, 7) is 4.29. The predicted octanol–water partition coefficient (Wildman–Crippen LogP) is 5.18. The number of pyridine rings is 1. The number of benzene rings is 2. The third-order valence-corrected chi connectivity index (χ3v) is 7.39. The van der Waals surface area contributed by atoms with Gasteiger partial charge >= 0.3 is 5.97 Å². The lowest BCUT2D eigenvalue weighted by Gasteiger charge is -2.28. The zero-order valence-corrected chi connectivity index (χ0v) is 22.0. The number of nitrogens with zero attached hydrogens (tertiary/aromatic N) is 3. The van der Waals surface area contributed by atoms with Crippen LogP contribution in [-0.2, 0) is 4.74 Å². The third kappa shape index (κ3) is 3.86. The van der Waals surface area contributed by atoms with Crippen molar-refractivity contribution in [3.63, 3.8) is 0 Å². The third-order valence-electron chi connectivity index (χ3n) is 7.07. The summed E-state index contributed by atoms with van der Waals surface area (Å²) in [5.74, 6) is 1.01. The van der Waals surface area contributed by atoms with Crippen LogP contribution in [0.1, 0.15) is 45.1 Å². The number of carbonyl (C=O) groups is 1. The highest BCUT2D eigenvalue weighted by Crippen LogP contribution is 2.46. The highest BCUT2D eigenvalue weighted by Gasteiger charge is 2.42. The second-order valence-corrected chi connectivity index (χ2v) is 9.59. The molecule has 2 atom stereocenters. The highest BCUT2D eigenvalue weighted by molar-refractivity contribution is 7.80. The summed E-state index contributed by atoms with van der Waals surface area (Å²) in [7, 11) is 1.39. The molecule has 1 N–H and O–H groups in total.